The van der Waals surface area contributed by atoms with Gasteiger partial charge in [-0.25, -0.2) is 4.98 Å². The Morgan fingerprint density at radius 1 is 1.31 bits per heavy atom. The predicted molar refractivity (Wildman–Crippen MR) is 102 cm³/mol. The number of benzene rings is 1. The number of thioether (sulfide) groups is 1. The van der Waals surface area contributed by atoms with Crippen molar-refractivity contribution in [1.82, 2.24) is 9.88 Å². The van der Waals surface area contributed by atoms with Crippen molar-refractivity contribution in [2.24, 2.45) is 0 Å². The van der Waals surface area contributed by atoms with E-state index in [0.29, 0.717) is 12.3 Å². The molecule has 4 rings (SSSR count). The van der Waals surface area contributed by atoms with E-state index in [0.717, 1.165) is 36.6 Å². The Bertz CT molecular complexity index is 778. The van der Waals surface area contributed by atoms with Crippen LogP contribution in [0.15, 0.2) is 48.7 Å². The summed E-state index contributed by atoms with van der Waals surface area (Å²) in [5, 5.41) is 0. The molecule has 0 radical (unpaired) electrons. The van der Waals surface area contributed by atoms with Crippen molar-refractivity contribution in [3.8, 4) is 11.6 Å². The molecule has 1 atom stereocenters. The van der Waals surface area contributed by atoms with E-state index in [2.05, 4.69) is 4.98 Å². The van der Waals surface area contributed by atoms with Gasteiger partial charge in [0.15, 0.2) is 0 Å². The third-order valence-electron chi connectivity index (χ3n) is 4.90. The zero-order valence-electron chi connectivity index (χ0n) is 14.8. The maximum absolute atomic E-state index is 12.5. The molecule has 1 amide bonds. The Morgan fingerprint density at radius 3 is 2.96 bits per heavy atom. The third-order valence-corrected chi connectivity index (χ3v) is 6.48. The second kappa shape index (κ2) is 7.19. The molecular weight excluding hydrogens is 348 g/mol. The summed E-state index contributed by atoms with van der Waals surface area (Å²) in [6.45, 7) is 1.62. The standard InChI is InChI=1S/C20H22N2O3S/c1-24-16-6-4-5-15(9-16)10-19(23)22-13-20(14-22)11-17(12-26-20)25-18-7-2-3-8-21-18/h2-9,17H,10-14H2,1H3. The molecule has 2 aliphatic rings. The molecule has 1 unspecified atom stereocenters. The number of hydrogen-bond acceptors (Lipinski definition) is 5. The fourth-order valence-electron chi connectivity index (χ4n) is 3.58. The smallest absolute Gasteiger partial charge is 0.227 e. The molecule has 5 nitrogen and oxygen atoms in total. The Kier molecular flexibility index (Phi) is 4.76. The number of ether oxygens (including phenoxy) is 2. The molecule has 1 aromatic carbocycles. The number of amides is 1. The van der Waals surface area contributed by atoms with Crippen LogP contribution in [0.1, 0.15) is 12.0 Å². The third kappa shape index (κ3) is 3.65. The lowest BCUT2D eigenvalue weighted by molar-refractivity contribution is -0.135. The molecule has 1 aromatic heterocycles. The second-order valence-electron chi connectivity index (χ2n) is 6.88. The minimum Gasteiger partial charge on any atom is -0.497 e. The lowest BCUT2D eigenvalue weighted by Crippen LogP contribution is -2.61. The van der Waals surface area contributed by atoms with Crippen LogP contribution in [-0.2, 0) is 11.2 Å². The molecule has 0 N–H and O–H groups in total. The molecule has 0 saturated carbocycles. The van der Waals surface area contributed by atoms with Gasteiger partial charge in [0.2, 0.25) is 11.8 Å². The van der Waals surface area contributed by atoms with E-state index in [9.17, 15) is 4.79 Å². The Labute approximate surface area is 157 Å². The van der Waals surface area contributed by atoms with Gasteiger partial charge in [-0.15, -0.1) is 11.8 Å². The minimum atomic E-state index is 0.156. The van der Waals surface area contributed by atoms with Gasteiger partial charge in [0.1, 0.15) is 11.9 Å². The van der Waals surface area contributed by atoms with Gasteiger partial charge < -0.3 is 14.4 Å². The van der Waals surface area contributed by atoms with E-state index in [4.69, 9.17) is 9.47 Å². The van der Waals surface area contributed by atoms with Crippen LogP contribution in [0, 0.1) is 0 Å². The Balaban J connectivity index is 1.28. The predicted octanol–water partition coefficient (Wildman–Crippen LogP) is 2.80. The fraction of sp³-hybridized carbons (Fsp3) is 0.400. The SMILES string of the molecule is COc1cccc(CC(=O)N2CC3(CC(Oc4ccccn4)CS3)C2)c1. The number of methoxy groups -OCH3 is 1. The first-order valence-corrected chi connectivity index (χ1v) is 9.77. The zero-order valence-corrected chi connectivity index (χ0v) is 15.6. The van der Waals surface area contributed by atoms with Crippen molar-refractivity contribution in [3.63, 3.8) is 0 Å². The van der Waals surface area contributed by atoms with E-state index in [1.165, 1.54) is 0 Å². The molecule has 26 heavy (non-hydrogen) atoms. The lowest BCUT2D eigenvalue weighted by Gasteiger charge is -2.47. The number of nitrogens with zero attached hydrogens (tertiary/aromatic N) is 2. The van der Waals surface area contributed by atoms with Crippen molar-refractivity contribution >= 4 is 17.7 Å². The summed E-state index contributed by atoms with van der Waals surface area (Å²) < 4.78 is 11.4. The van der Waals surface area contributed by atoms with Crippen LogP contribution in [0.5, 0.6) is 11.6 Å². The Hall–Kier alpha value is -2.21. The van der Waals surface area contributed by atoms with Gasteiger partial charge in [0.25, 0.3) is 0 Å². The molecule has 0 bridgehead atoms. The summed E-state index contributed by atoms with van der Waals surface area (Å²) in [7, 11) is 1.64. The summed E-state index contributed by atoms with van der Waals surface area (Å²) >= 11 is 1.93. The molecule has 2 saturated heterocycles. The van der Waals surface area contributed by atoms with E-state index in [-0.39, 0.29) is 16.8 Å². The van der Waals surface area contributed by atoms with Gasteiger partial charge in [-0.2, -0.15) is 0 Å². The number of rotatable bonds is 5. The topological polar surface area (TPSA) is 51.7 Å². The molecule has 2 fully saturated rings. The molecule has 2 aliphatic heterocycles. The second-order valence-corrected chi connectivity index (χ2v) is 8.37. The van der Waals surface area contributed by atoms with Gasteiger partial charge in [-0.05, 0) is 23.8 Å². The molecule has 0 aliphatic carbocycles. The summed E-state index contributed by atoms with van der Waals surface area (Å²) in [6.07, 6.45) is 3.31. The normalized spacial score (nSPS) is 20.7. The number of likely N-dealkylation sites (tertiary alicyclic amines) is 1. The first-order valence-electron chi connectivity index (χ1n) is 8.78. The molecule has 136 valence electrons. The highest BCUT2D eigenvalue weighted by atomic mass is 32.2. The molecule has 3 heterocycles. The molecule has 1 spiro atoms. The lowest BCUT2D eigenvalue weighted by atomic mass is 9.92. The number of carbonyl (C=O) groups is 1. The molecular formula is C20H22N2O3S. The van der Waals surface area contributed by atoms with Gasteiger partial charge in [0.05, 0.1) is 18.3 Å². The number of aromatic nitrogens is 1. The van der Waals surface area contributed by atoms with Gasteiger partial charge in [-0.3, -0.25) is 4.79 Å². The summed E-state index contributed by atoms with van der Waals surface area (Å²) in [4.78, 5) is 18.7. The van der Waals surface area contributed by atoms with Crippen LogP contribution in [0.4, 0.5) is 0 Å². The number of pyridine rings is 1. The maximum atomic E-state index is 12.5. The molecule has 2 aromatic rings. The van der Waals surface area contributed by atoms with Crippen molar-refractivity contribution in [3.05, 3.63) is 54.2 Å². The van der Waals surface area contributed by atoms with Crippen LogP contribution >= 0.6 is 11.8 Å². The quantitative estimate of drug-likeness (QED) is 0.810. The van der Waals surface area contributed by atoms with Crippen molar-refractivity contribution in [1.29, 1.82) is 0 Å². The van der Waals surface area contributed by atoms with Crippen LogP contribution in [0.2, 0.25) is 0 Å². The first-order chi connectivity index (χ1) is 12.7. The van der Waals surface area contributed by atoms with Gasteiger partial charge >= 0.3 is 0 Å². The van der Waals surface area contributed by atoms with Crippen LogP contribution in [-0.4, -0.2) is 52.6 Å². The van der Waals surface area contributed by atoms with E-state index in [1.807, 2.05) is 59.1 Å². The summed E-state index contributed by atoms with van der Waals surface area (Å²) in [5.41, 5.74) is 0.991. The van der Waals surface area contributed by atoms with E-state index < -0.39 is 0 Å². The first kappa shape index (κ1) is 17.2. The maximum Gasteiger partial charge on any atom is 0.227 e. The van der Waals surface area contributed by atoms with E-state index >= 15 is 0 Å². The molecule has 6 heteroatoms. The summed E-state index contributed by atoms with van der Waals surface area (Å²) in [5.74, 6) is 2.60. The average Bonchev–Trinajstić information content (AvgIpc) is 3.05. The van der Waals surface area contributed by atoms with Crippen molar-refractivity contribution in [2.45, 2.75) is 23.7 Å². The van der Waals surface area contributed by atoms with Crippen LogP contribution < -0.4 is 9.47 Å². The highest BCUT2D eigenvalue weighted by Crippen LogP contribution is 2.46. The largest absolute Gasteiger partial charge is 0.497 e. The number of hydrogen-bond donors (Lipinski definition) is 0. The summed E-state index contributed by atoms with van der Waals surface area (Å²) in [6, 6.07) is 13.4. The minimum absolute atomic E-state index is 0.156. The Morgan fingerprint density at radius 2 is 2.19 bits per heavy atom. The van der Waals surface area contributed by atoms with E-state index in [1.54, 1.807) is 13.3 Å². The highest BCUT2D eigenvalue weighted by Gasteiger charge is 2.51. The highest BCUT2D eigenvalue weighted by molar-refractivity contribution is 8.01. The zero-order chi connectivity index (χ0) is 18.0. The average molecular weight is 370 g/mol. The van der Waals surface area contributed by atoms with Crippen LogP contribution in [0.25, 0.3) is 0 Å². The van der Waals surface area contributed by atoms with Crippen molar-refractivity contribution in [2.75, 3.05) is 26.0 Å². The fourth-order valence-corrected chi connectivity index (χ4v) is 5.10. The monoisotopic (exact) mass is 370 g/mol. The van der Waals surface area contributed by atoms with Gasteiger partial charge in [-0.1, -0.05) is 18.2 Å². The van der Waals surface area contributed by atoms with Crippen molar-refractivity contribution < 1.29 is 14.3 Å². The number of carbonyl (C=O) groups excluding carboxylic acids is 1. The van der Waals surface area contributed by atoms with Crippen LogP contribution in [0.3, 0.4) is 0 Å². The van der Waals surface area contributed by atoms with Gasteiger partial charge in [0, 0.05) is 37.5 Å².